The van der Waals surface area contributed by atoms with Crippen molar-refractivity contribution in [3.05, 3.63) is 66.6 Å². The fourth-order valence-corrected chi connectivity index (χ4v) is 7.43. The molecule has 0 aliphatic heterocycles. The number of primary sulfonamides is 1. The van der Waals surface area contributed by atoms with Gasteiger partial charge in [-0.2, -0.15) is 8.42 Å². The first-order chi connectivity index (χ1) is 16.9. The number of unbranched alkanes of at least 4 members (excludes halogenated alkanes) is 3. The molecule has 3 N–H and O–H groups in total. The summed E-state index contributed by atoms with van der Waals surface area (Å²) in [6.45, 7) is 1.97. The standard InChI is InChI=1S/C23H28N2O8S3/c1-2-3-4-8-14-34(26,27)22-15-20(25-17-19-12-9-13-32-19)21(16-23(22)35(24,28)29)36(30,31)33-18-10-6-5-7-11-18/h5-7,9-13,15-16,25H,2-4,8,14,17H2,1H3,(H2,24,28,29). The fourth-order valence-electron chi connectivity index (χ4n) is 3.42. The van der Waals surface area contributed by atoms with E-state index in [1.54, 1.807) is 30.3 Å². The number of sulfone groups is 1. The van der Waals surface area contributed by atoms with Gasteiger partial charge < -0.3 is 13.9 Å². The highest BCUT2D eigenvalue weighted by molar-refractivity contribution is 7.93. The molecule has 0 saturated heterocycles. The molecule has 36 heavy (non-hydrogen) atoms. The van der Waals surface area contributed by atoms with Crippen LogP contribution in [0.25, 0.3) is 0 Å². The van der Waals surface area contributed by atoms with Gasteiger partial charge in [-0.25, -0.2) is 22.0 Å². The van der Waals surface area contributed by atoms with Crippen LogP contribution in [0.5, 0.6) is 5.75 Å². The number of benzene rings is 2. The second-order valence-electron chi connectivity index (χ2n) is 8.00. The van der Waals surface area contributed by atoms with Crippen molar-refractivity contribution in [1.29, 1.82) is 0 Å². The summed E-state index contributed by atoms with van der Waals surface area (Å²) in [5.41, 5.74) is -0.179. The Bertz CT molecular complexity index is 1480. The molecule has 0 amide bonds. The second kappa shape index (κ2) is 11.5. The molecule has 3 rings (SSSR count). The molecule has 0 atom stereocenters. The Balaban J connectivity index is 2.14. The minimum Gasteiger partial charge on any atom is -0.467 e. The Labute approximate surface area is 211 Å². The molecule has 196 valence electrons. The van der Waals surface area contributed by atoms with Crippen LogP contribution in [-0.4, -0.2) is 31.0 Å². The molecule has 0 radical (unpaired) electrons. The Kier molecular flexibility index (Phi) is 8.82. The zero-order valence-electron chi connectivity index (χ0n) is 19.6. The van der Waals surface area contributed by atoms with E-state index in [0.29, 0.717) is 18.6 Å². The summed E-state index contributed by atoms with van der Waals surface area (Å²) in [4.78, 5) is -1.99. The average molecular weight is 557 g/mol. The van der Waals surface area contributed by atoms with Gasteiger partial charge in [0.1, 0.15) is 21.3 Å². The Hall–Kier alpha value is -2.87. The molecule has 0 fully saturated rings. The molecule has 10 nitrogen and oxygen atoms in total. The summed E-state index contributed by atoms with van der Waals surface area (Å²) in [7, 11) is -13.4. The highest BCUT2D eigenvalue weighted by Crippen LogP contribution is 2.34. The number of nitrogens with two attached hydrogens (primary N) is 1. The van der Waals surface area contributed by atoms with Crippen LogP contribution in [0, 0.1) is 0 Å². The Morgan fingerprint density at radius 1 is 0.861 bits per heavy atom. The molecular formula is C23H28N2O8S3. The number of hydrogen-bond donors (Lipinski definition) is 2. The van der Waals surface area contributed by atoms with Gasteiger partial charge in [-0.3, -0.25) is 0 Å². The highest BCUT2D eigenvalue weighted by Gasteiger charge is 2.31. The minimum absolute atomic E-state index is 0.00837. The van der Waals surface area contributed by atoms with Crippen molar-refractivity contribution >= 4 is 35.7 Å². The molecule has 2 aromatic carbocycles. The van der Waals surface area contributed by atoms with Gasteiger partial charge in [-0.05, 0) is 42.8 Å². The number of sulfonamides is 1. The van der Waals surface area contributed by atoms with Gasteiger partial charge in [-0.1, -0.05) is 44.4 Å². The van der Waals surface area contributed by atoms with Crippen LogP contribution < -0.4 is 14.6 Å². The molecule has 13 heteroatoms. The van der Waals surface area contributed by atoms with Gasteiger partial charge in [0.05, 0.1) is 29.1 Å². The predicted octanol–water partition coefficient (Wildman–Crippen LogP) is 3.66. The number of nitrogens with one attached hydrogen (secondary N) is 1. The topological polar surface area (TPSA) is 163 Å². The summed E-state index contributed by atoms with van der Waals surface area (Å²) in [6, 6.07) is 12.5. The van der Waals surface area contributed by atoms with Gasteiger partial charge in [-0.15, -0.1) is 0 Å². The van der Waals surface area contributed by atoms with E-state index in [0.717, 1.165) is 25.0 Å². The Morgan fingerprint density at radius 2 is 1.58 bits per heavy atom. The lowest BCUT2D eigenvalue weighted by Crippen LogP contribution is -2.21. The maximum absolute atomic E-state index is 13.2. The van der Waals surface area contributed by atoms with Gasteiger partial charge in [0.2, 0.25) is 10.0 Å². The SMILES string of the molecule is CCCCCCS(=O)(=O)c1cc(NCc2ccco2)c(S(=O)(=O)Oc2ccccc2)cc1S(N)(=O)=O. The summed E-state index contributed by atoms with van der Waals surface area (Å²) < 4.78 is 87.9. The quantitative estimate of drug-likeness (QED) is 0.236. The van der Waals surface area contributed by atoms with Crippen molar-refractivity contribution in [3.63, 3.8) is 0 Å². The lowest BCUT2D eigenvalue weighted by Gasteiger charge is -2.17. The Morgan fingerprint density at radius 3 is 2.19 bits per heavy atom. The summed E-state index contributed by atoms with van der Waals surface area (Å²) in [5.74, 6) is 0.0980. The second-order valence-corrected chi connectivity index (χ2v) is 13.1. The van der Waals surface area contributed by atoms with Crippen LogP contribution in [0.4, 0.5) is 5.69 Å². The number of furan rings is 1. The number of rotatable bonds is 13. The molecule has 3 aromatic rings. The predicted molar refractivity (Wildman–Crippen MR) is 134 cm³/mol. The van der Waals surface area contributed by atoms with E-state index in [1.807, 2.05) is 6.92 Å². The largest absolute Gasteiger partial charge is 0.467 e. The molecule has 0 spiro atoms. The van der Waals surface area contributed by atoms with Crippen molar-refractivity contribution in [3.8, 4) is 5.75 Å². The van der Waals surface area contributed by atoms with Gasteiger partial charge in [0.15, 0.2) is 9.84 Å². The molecule has 1 aromatic heterocycles. The van der Waals surface area contributed by atoms with E-state index in [1.165, 1.54) is 18.4 Å². The van der Waals surface area contributed by atoms with Crippen LogP contribution in [0.2, 0.25) is 0 Å². The van der Waals surface area contributed by atoms with Gasteiger partial charge in [0, 0.05) is 0 Å². The molecule has 0 aliphatic carbocycles. The first-order valence-electron chi connectivity index (χ1n) is 11.1. The molecular weight excluding hydrogens is 528 g/mol. The van der Waals surface area contributed by atoms with Crippen molar-refractivity contribution in [1.82, 2.24) is 0 Å². The van der Waals surface area contributed by atoms with E-state index in [-0.39, 0.29) is 23.7 Å². The van der Waals surface area contributed by atoms with Crippen molar-refractivity contribution in [2.45, 2.75) is 53.8 Å². The lowest BCUT2D eigenvalue weighted by atomic mass is 10.2. The van der Waals surface area contributed by atoms with Gasteiger partial charge in [0.25, 0.3) is 0 Å². The van der Waals surface area contributed by atoms with E-state index in [2.05, 4.69) is 5.32 Å². The number of para-hydroxylation sites is 1. The molecule has 0 aliphatic rings. The zero-order valence-corrected chi connectivity index (χ0v) is 22.0. The van der Waals surface area contributed by atoms with Crippen molar-refractivity contribution < 1.29 is 33.9 Å². The molecule has 1 heterocycles. The number of hydrogen-bond acceptors (Lipinski definition) is 9. The third kappa shape index (κ3) is 7.09. The first-order valence-corrected chi connectivity index (χ1v) is 15.7. The van der Waals surface area contributed by atoms with Crippen LogP contribution >= 0.6 is 0 Å². The smallest absolute Gasteiger partial charge is 0.341 e. The summed E-state index contributed by atoms with van der Waals surface area (Å²) in [6.07, 6.45) is 4.08. The normalized spacial score (nSPS) is 12.4. The maximum atomic E-state index is 13.2. The third-order valence-corrected chi connectivity index (χ3v) is 9.41. The molecule has 0 saturated carbocycles. The summed E-state index contributed by atoms with van der Waals surface area (Å²) >= 11 is 0. The number of anilines is 1. The van der Waals surface area contributed by atoms with Gasteiger partial charge >= 0.3 is 10.1 Å². The van der Waals surface area contributed by atoms with E-state index < -0.39 is 44.7 Å². The lowest BCUT2D eigenvalue weighted by molar-refractivity contribution is 0.485. The summed E-state index contributed by atoms with van der Waals surface area (Å²) in [5, 5.41) is 8.16. The molecule has 0 unspecified atom stereocenters. The van der Waals surface area contributed by atoms with E-state index in [9.17, 15) is 25.3 Å². The van der Waals surface area contributed by atoms with E-state index in [4.69, 9.17) is 13.7 Å². The first kappa shape index (κ1) is 27.7. The molecule has 0 bridgehead atoms. The van der Waals surface area contributed by atoms with Crippen LogP contribution in [-0.2, 0) is 36.5 Å². The van der Waals surface area contributed by atoms with Crippen LogP contribution in [0.1, 0.15) is 38.4 Å². The van der Waals surface area contributed by atoms with Crippen LogP contribution in [0.3, 0.4) is 0 Å². The fraction of sp³-hybridized carbons (Fsp3) is 0.304. The average Bonchev–Trinajstić information content (AvgIpc) is 3.33. The van der Waals surface area contributed by atoms with Crippen molar-refractivity contribution in [2.24, 2.45) is 5.14 Å². The van der Waals surface area contributed by atoms with E-state index >= 15 is 0 Å². The minimum atomic E-state index is -4.63. The maximum Gasteiger partial charge on any atom is 0.341 e. The monoisotopic (exact) mass is 556 g/mol. The van der Waals surface area contributed by atoms with Crippen molar-refractivity contribution in [2.75, 3.05) is 11.1 Å². The van der Waals surface area contributed by atoms with Crippen LogP contribution in [0.15, 0.2) is 80.0 Å². The zero-order chi connectivity index (χ0) is 26.4. The third-order valence-electron chi connectivity index (χ3n) is 5.21. The highest BCUT2D eigenvalue weighted by atomic mass is 32.2.